The SMILES string of the molecule is O=C(NO)c1cc(NS(=O)Cc2cccc(Cl)c2)ccn1. The van der Waals surface area contributed by atoms with Gasteiger partial charge in [-0.2, -0.15) is 0 Å². The molecule has 1 heterocycles. The molecule has 0 fully saturated rings. The van der Waals surface area contributed by atoms with Crippen molar-refractivity contribution in [3.05, 3.63) is 58.9 Å². The minimum absolute atomic E-state index is 0.0160. The number of amides is 1. The van der Waals surface area contributed by atoms with Crippen molar-refractivity contribution in [3.8, 4) is 0 Å². The minimum Gasteiger partial charge on any atom is -0.305 e. The lowest BCUT2D eigenvalue weighted by atomic mass is 10.2. The fourth-order valence-corrected chi connectivity index (χ4v) is 2.78. The van der Waals surface area contributed by atoms with E-state index in [-0.39, 0.29) is 11.4 Å². The van der Waals surface area contributed by atoms with Gasteiger partial charge in [-0.1, -0.05) is 23.7 Å². The molecule has 8 heteroatoms. The van der Waals surface area contributed by atoms with E-state index in [1.807, 2.05) is 6.07 Å². The molecule has 6 nitrogen and oxygen atoms in total. The van der Waals surface area contributed by atoms with Gasteiger partial charge < -0.3 is 4.72 Å². The van der Waals surface area contributed by atoms with E-state index in [2.05, 4.69) is 9.71 Å². The summed E-state index contributed by atoms with van der Waals surface area (Å²) in [5.74, 6) is -0.469. The summed E-state index contributed by atoms with van der Waals surface area (Å²) in [6, 6.07) is 10.0. The quantitative estimate of drug-likeness (QED) is 0.580. The Labute approximate surface area is 128 Å². The third kappa shape index (κ3) is 4.52. The third-order valence-corrected chi connectivity index (χ3v) is 3.81. The average molecular weight is 326 g/mol. The van der Waals surface area contributed by atoms with E-state index in [0.29, 0.717) is 10.7 Å². The maximum absolute atomic E-state index is 12.0. The van der Waals surface area contributed by atoms with Crippen molar-refractivity contribution < 1.29 is 14.2 Å². The number of nitrogens with zero attached hydrogens (tertiary/aromatic N) is 1. The monoisotopic (exact) mass is 325 g/mol. The zero-order valence-electron chi connectivity index (χ0n) is 10.7. The molecule has 110 valence electrons. The highest BCUT2D eigenvalue weighted by molar-refractivity contribution is 7.85. The Balaban J connectivity index is 2.04. The smallest absolute Gasteiger partial charge is 0.293 e. The Morgan fingerprint density at radius 3 is 2.86 bits per heavy atom. The molecule has 0 bridgehead atoms. The van der Waals surface area contributed by atoms with E-state index >= 15 is 0 Å². The van der Waals surface area contributed by atoms with Crippen molar-refractivity contribution >= 4 is 34.2 Å². The van der Waals surface area contributed by atoms with Crippen LogP contribution in [0.15, 0.2) is 42.6 Å². The van der Waals surface area contributed by atoms with Crippen molar-refractivity contribution in [1.82, 2.24) is 10.5 Å². The molecule has 0 aliphatic rings. The molecule has 0 saturated heterocycles. The maximum atomic E-state index is 12.0. The lowest BCUT2D eigenvalue weighted by Gasteiger charge is -2.07. The summed E-state index contributed by atoms with van der Waals surface area (Å²) >= 11 is 5.86. The van der Waals surface area contributed by atoms with E-state index in [4.69, 9.17) is 16.8 Å². The van der Waals surface area contributed by atoms with Gasteiger partial charge in [-0.25, -0.2) is 9.69 Å². The van der Waals surface area contributed by atoms with Crippen molar-refractivity contribution in [2.45, 2.75) is 5.75 Å². The Morgan fingerprint density at radius 2 is 2.14 bits per heavy atom. The molecule has 0 aliphatic heterocycles. The Hall–Kier alpha value is -1.96. The van der Waals surface area contributed by atoms with Crippen molar-refractivity contribution in [2.24, 2.45) is 0 Å². The standard InChI is InChI=1S/C13H12ClN3O3S/c14-10-3-1-2-9(6-10)8-21(20)17-11-4-5-15-12(7-11)13(18)16-19/h1-7,19H,8H2,(H,15,17)(H,16,18). The van der Waals surface area contributed by atoms with Crippen LogP contribution in [0.3, 0.4) is 0 Å². The number of halogens is 1. The number of rotatable bonds is 5. The summed E-state index contributed by atoms with van der Waals surface area (Å²) in [4.78, 5) is 15.0. The number of anilines is 1. The molecule has 2 rings (SSSR count). The van der Waals surface area contributed by atoms with Gasteiger partial charge in [0.05, 0.1) is 11.4 Å². The molecule has 1 amide bonds. The topological polar surface area (TPSA) is 91.3 Å². The molecular formula is C13H12ClN3O3S. The molecule has 2 aromatic rings. The molecule has 1 aromatic carbocycles. The van der Waals surface area contributed by atoms with Crippen LogP contribution in [0.4, 0.5) is 5.69 Å². The Morgan fingerprint density at radius 1 is 1.33 bits per heavy atom. The Bertz CT molecular complexity index is 681. The normalized spacial score (nSPS) is 11.7. The van der Waals surface area contributed by atoms with Crippen molar-refractivity contribution in [1.29, 1.82) is 0 Å². The highest BCUT2D eigenvalue weighted by Gasteiger charge is 2.08. The second-order valence-electron chi connectivity index (χ2n) is 4.09. The van der Waals surface area contributed by atoms with E-state index < -0.39 is 16.9 Å². The van der Waals surface area contributed by atoms with Gasteiger partial charge >= 0.3 is 0 Å². The van der Waals surface area contributed by atoms with Crippen LogP contribution in [-0.2, 0) is 16.7 Å². The second-order valence-corrected chi connectivity index (χ2v) is 5.71. The highest BCUT2D eigenvalue weighted by atomic mass is 35.5. The number of hydrogen-bond acceptors (Lipinski definition) is 4. The fourth-order valence-electron chi connectivity index (χ4n) is 1.62. The van der Waals surface area contributed by atoms with E-state index in [1.54, 1.807) is 24.3 Å². The number of nitrogens with one attached hydrogen (secondary N) is 2. The number of hydroxylamine groups is 1. The zero-order chi connectivity index (χ0) is 15.2. The van der Waals surface area contributed by atoms with Gasteiger partial charge in [0.15, 0.2) is 0 Å². The first kappa shape index (κ1) is 15.4. The molecular weight excluding hydrogens is 314 g/mol. The number of carbonyl (C=O) groups is 1. The maximum Gasteiger partial charge on any atom is 0.293 e. The lowest BCUT2D eigenvalue weighted by molar-refractivity contribution is 0.0701. The first-order chi connectivity index (χ1) is 10.1. The van der Waals surface area contributed by atoms with Gasteiger partial charge in [0.2, 0.25) is 0 Å². The molecule has 0 aliphatic carbocycles. The summed E-state index contributed by atoms with van der Waals surface area (Å²) in [6.45, 7) is 0. The van der Waals surface area contributed by atoms with Crippen LogP contribution in [-0.4, -0.2) is 20.3 Å². The molecule has 21 heavy (non-hydrogen) atoms. The summed E-state index contributed by atoms with van der Waals surface area (Å²) in [6.07, 6.45) is 1.38. The van der Waals surface area contributed by atoms with Crippen LogP contribution < -0.4 is 10.2 Å². The number of pyridine rings is 1. The minimum atomic E-state index is -1.38. The van der Waals surface area contributed by atoms with Crippen LogP contribution in [0.25, 0.3) is 0 Å². The van der Waals surface area contributed by atoms with E-state index in [0.717, 1.165) is 5.56 Å². The van der Waals surface area contributed by atoms with E-state index in [1.165, 1.54) is 17.7 Å². The van der Waals surface area contributed by atoms with Gasteiger partial charge in [-0.15, -0.1) is 0 Å². The van der Waals surface area contributed by atoms with Gasteiger partial charge in [-0.3, -0.25) is 15.0 Å². The zero-order valence-corrected chi connectivity index (χ0v) is 12.3. The highest BCUT2D eigenvalue weighted by Crippen LogP contribution is 2.14. The van der Waals surface area contributed by atoms with Gasteiger partial charge in [0.1, 0.15) is 16.7 Å². The predicted molar refractivity (Wildman–Crippen MR) is 80.4 cm³/mol. The van der Waals surface area contributed by atoms with Gasteiger partial charge in [0, 0.05) is 11.2 Å². The number of carbonyl (C=O) groups excluding carboxylic acids is 1. The van der Waals surface area contributed by atoms with Crippen LogP contribution in [0.5, 0.6) is 0 Å². The summed E-state index contributed by atoms with van der Waals surface area (Å²) in [7, 11) is -1.38. The van der Waals surface area contributed by atoms with Gasteiger partial charge in [-0.05, 0) is 29.8 Å². The summed E-state index contributed by atoms with van der Waals surface area (Å²) in [5.41, 5.74) is 2.80. The van der Waals surface area contributed by atoms with Crippen molar-refractivity contribution in [3.63, 3.8) is 0 Å². The molecule has 0 saturated carbocycles. The molecule has 0 radical (unpaired) electrons. The summed E-state index contributed by atoms with van der Waals surface area (Å²) < 4.78 is 14.8. The first-order valence-electron chi connectivity index (χ1n) is 5.88. The van der Waals surface area contributed by atoms with E-state index in [9.17, 15) is 9.00 Å². The second kappa shape index (κ2) is 7.16. The molecule has 0 spiro atoms. The molecule has 1 unspecified atom stereocenters. The predicted octanol–water partition coefficient (Wildman–Crippen LogP) is 2.13. The first-order valence-corrected chi connectivity index (χ1v) is 7.58. The Kier molecular flexibility index (Phi) is 5.26. The molecule has 3 N–H and O–H groups in total. The largest absolute Gasteiger partial charge is 0.305 e. The van der Waals surface area contributed by atoms with Crippen LogP contribution >= 0.6 is 11.6 Å². The van der Waals surface area contributed by atoms with Gasteiger partial charge in [0.25, 0.3) is 5.91 Å². The van der Waals surface area contributed by atoms with Crippen LogP contribution in [0.2, 0.25) is 5.02 Å². The third-order valence-electron chi connectivity index (χ3n) is 2.51. The van der Waals surface area contributed by atoms with Crippen LogP contribution in [0, 0.1) is 0 Å². The summed E-state index contributed by atoms with van der Waals surface area (Å²) in [5, 5.41) is 9.13. The fraction of sp³-hybridized carbons (Fsp3) is 0.0769. The number of hydrogen-bond donors (Lipinski definition) is 3. The molecule has 1 aromatic heterocycles. The number of benzene rings is 1. The average Bonchev–Trinajstić information content (AvgIpc) is 2.46. The molecule has 1 atom stereocenters. The van der Waals surface area contributed by atoms with Crippen LogP contribution in [0.1, 0.15) is 16.1 Å². The number of aromatic nitrogens is 1. The lowest BCUT2D eigenvalue weighted by Crippen LogP contribution is -2.20. The van der Waals surface area contributed by atoms with Crippen molar-refractivity contribution in [2.75, 3.05) is 4.72 Å².